The Labute approximate surface area is 106 Å². The Balaban J connectivity index is 1.99. The van der Waals surface area contributed by atoms with Crippen LogP contribution >= 0.6 is 0 Å². The fourth-order valence-corrected chi connectivity index (χ4v) is 1.71. The Morgan fingerprint density at radius 2 is 2.11 bits per heavy atom. The van der Waals surface area contributed by atoms with E-state index in [9.17, 15) is 4.39 Å². The van der Waals surface area contributed by atoms with E-state index in [4.69, 9.17) is 5.73 Å². The number of likely N-dealkylation sites (N-methyl/N-ethyl adjacent to an activating group) is 1. The summed E-state index contributed by atoms with van der Waals surface area (Å²) in [5.74, 6) is -0.378. The standard InChI is InChI=1S/C14H16FN3/c1-18(9-7-11-4-2-3-8-17-11)12-5-6-14(16)13(15)10-12/h2-6,8,10H,7,9,16H2,1H3. The van der Waals surface area contributed by atoms with Crippen LogP contribution in [0.2, 0.25) is 0 Å². The number of halogens is 1. The zero-order chi connectivity index (χ0) is 13.0. The molecule has 94 valence electrons. The highest BCUT2D eigenvalue weighted by atomic mass is 19.1. The van der Waals surface area contributed by atoms with Crippen molar-refractivity contribution >= 4 is 11.4 Å². The SMILES string of the molecule is CN(CCc1ccccn1)c1ccc(N)c(F)c1. The highest BCUT2D eigenvalue weighted by Crippen LogP contribution is 2.19. The molecule has 0 radical (unpaired) electrons. The number of rotatable bonds is 4. The van der Waals surface area contributed by atoms with E-state index in [0.717, 1.165) is 24.3 Å². The topological polar surface area (TPSA) is 42.2 Å². The summed E-state index contributed by atoms with van der Waals surface area (Å²) >= 11 is 0. The van der Waals surface area contributed by atoms with E-state index in [2.05, 4.69) is 4.98 Å². The minimum atomic E-state index is -0.378. The quantitative estimate of drug-likeness (QED) is 0.841. The molecule has 0 aliphatic carbocycles. The lowest BCUT2D eigenvalue weighted by molar-refractivity contribution is 0.632. The van der Waals surface area contributed by atoms with Gasteiger partial charge in [-0.25, -0.2) is 4.39 Å². The average molecular weight is 245 g/mol. The number of aromatic nitrogens is 1. The summed E-state index contributed by atoms with van der Waals surface area (Å²) in [5, 5.41) is 0. The zero-order valence-corrected chi connectivity index (χ0v) is 10.3. The molecule has 2 N–H and O–H groups in total. The predicted molar refractivity (Wildman–Crippen MR) is 72.0 cm³/mol. The summed E-state index contributed by atoms with van der Waals surface area (Å²) in [5.41, 5.74) is 7.47. The summed E-state index contributed by atoms with van der Waals surface area (Å²) in [4.78, 5) is 6.24. The molecule has 3 nitrogen and oxygen atoms in total. The first-order chi connectivity index (χ1) is 8.66. The van der Waals surface area contributed by atoms with Crippen molar-refractivity contribution in [2.24, 2.45) is 0 Å². The second-order valence-electron chi connectivity index (χ2n) is 4.20. The Morgan fingerprint density at radius 3 is 2.78 bits per heavy atom. The molecule has 18 heavy (non-hydrogen) atoms. The molecular formula is C14H16FN3. The van der Waals surface area contributed by atoms with Gasteiger partial charge < -0.3 is 10.6 Å². The molecule has 0 amide bonds. The van der Waals surface area contributed by atoms with Gasteiger partial charge in [-0.05, 0) is 30.3 Å². The minimum absolute atomic E-state index is 0.178. The summed E-state index contributed by atoms with van der Waals surface area (Å²) in [6.45, 7) is 0.778. The van der Waals surface area contributed by atoms with Crippen molar-refractivity contribution in [1.82, 2.24) is 4.98 Å². The number of nitrogen functional groups attached to an aromatic ring is 1. The molecule has 0 aliphatic heterocycles. The third-order valence-corrected chi connectivity index (χ3v) is 2.85. The normalized spacial score (nSPS) is 10.3. The van der Waals surface area contributed by atoms with Gasteiger partial charge in [-0.3, -0.25) is 4.98 Å². The van der Waals surface area contributed by atoms with E-state index < -0.39 is 0 Å². The molecule has 0 spiro atoms. The van der Waals surface area contributed by atoms with Crippen LogP contribution in [0.4, 0.5) is 15.8 Å². The summed E-state index contributed by atoms with van der Waals surface area (Å²) in [7, 11) is 1.92. The van der Waals surface area contributed by atoms with Crippen LogP contribution in [-0.4, -0.2) is 18.6 Å². The van der Waals surface area contributed by atoms with Crippen LogP contribution in [0.5, 0.6) is 0 Å². The van der Waals surface area contributed by atoms with Gasteiger partial charge in [-0.2, -0.15) is 0 Å². The molecular weight excluding hydrogens is 229 g/mol. The van der Waals surface area contributed by atoms with Gasteiger partial charge in [0.25, 0.3) is 0 Å². The van der Waals surface area contributed by atoms with Gasteiger partial charge in [0.05, 0.1) is 5.69 Å². The van der Waals surface area contributed by atoms with Gasteiger partial charge in [0, 0.05) is 37.6 Å². The second kappa shape index (κ2) is 5.49. The number of nitrogens with two attached hydrogens (primary N) is 1. The molecule has 0 unspecified atom stereocenters. The lowest BCUT2D eigenvalue weighted by Gasteiger charge is -2.19. The maximum atomic E-state index is 13.3. The van der Waals surface area contributed by atoms with Gasteiger partial charge in [-0.1, -0.05) is 6.07 Å². The predicted octanol–water partition coefficient (Wildman–Crippen LogP) is 2.48. The van der Waals surface area contributed by atoms with E-state index in [-0.39, 0.29) is 11.5 Å². The molecule has 1 aromatic carbocycles. The van der Waals surface area contributed by atoms with Crippen molar-refractivity contribution in [3.05, 3.63) is 54.1 Å². The average Bonchev–Trinajstić information content (AvgIpc) is 2.40. The van der Waals surface area contributed by atoms with E-state index in [1.165, 1.54) is 6.07 Å². The second-order valence-corrected chi connectivity index (χ2v) is 4.20. The monoisotopic (exact) mass is 245 g/mol. The first kappa shape index (κ1) is 12.4. The summed E-state index contributed by atoms with van der Waals surface area (Å²) in [6, 6.07) is 10.7. The molecule has 0 aliphatic rings. The van der Waals surface area contributed by atoms with Crippen LogP contribution < -0.4 is 10.6 Å². The number of hydrogen-bond acceptors (Lipinski definition) is 3. The fourth-order valence-electron chi connectivity index (χ4n) is 1.71. The lowest BCUT2D eigenvalue weighted by Crippen LogP contribution is -2.20. The molecule has 0 bridgehead atoms. The first-order valence-corrected chi connectivity index (χ1v) is 5.83. The highest BCUT2D eigenvalue weighted by molar-refractivity contribution is 5.53. The van der Waals surface area contributed by atoms with E-state index in [1.807, 2.05) is 36.2 Å². The molecule has 0 saturated carbocycles. The van der Waals surface area contributed by atoms with Crippen molar-refractivity contribution in [2.75, 3.05) is 24.2 Å². The first-order valence-electron chi connectivity index (χ1n) is 5.83. The van der Waals surface area contributed by atoms with Gasteiger partial charge in [0.15, 0.2) is 0 Å². The van der Waals surface area contributed by atoms with Crippen molar-refractivity contribution in [3.8, 4) is 0 Å². The van der Waals surface area contributed by atoms with Crippen molar-refractivity contribution < 1.29 is 4.39 Å². The highest BCUT2D eigenvalue weighted by Gasteiger charge is 2.05. The smallest absolute Gasteiger partial charge is 0.148 e. The summed E-state index contributed by atoms with van der Waals surface area (Å²) < 4.78 is 13.3. The van der Waals surface area contributed by atoms with Crippen LogP contribution in [0.3, 0.4) is 0 Å². The zero-order valence-electron chi connectivity index (χ0n) is 10.3. The molecule has 2 rings (SSSR count). The fraction of sp³-hybridized carbons (Fsp3) is 0.214. The van der Waals surface area contributed by atoms with Gasteiger partial charge in [0.2, 0.25) is 0 Å². The Hall–Kier alpha value is -2.10. The Morgan fingerprint density at radius 1 is 1.28 bits per heavy atom. The molecule has 0 saturated heterocycles. The van der Waals surface area contributed by atoms with Gasteiger partial charge in [-0.15, -0.1) is 0 Å². The van der Waals surface area contributed by atoms with Crippen LogP contribution in [-0.2, 0) is 6.42 Å². The van der Waals surface area contributed by atoms with Crippen LogP contribution in [0.1, 0.15) is 5.69 Å². The Bertz CT molecular complexity index is 514. The van der Waals surface area contributed by atoms with Crippen molar-refractivity contribution in [1.29, 1.82) is 0 Å². The van der Waals surface area contributed by atoms with Gasteiger partial charge in [0.1, 0.15) is 5.82 Å². The van der Waals surface area contributed by atoms with Gasteiger partial charge >= 0.3 is 0 Å². The molecule has 1 aromatic heterocycles. The van der Waals surface area contributed by atoms with E-state index in [0.29, 0.717) is 0 Å². The number of anilines is 2. The molecule has 2 aromatic rings. The third kappa shape index (κ3) is 2.97. The molecule has 0 atom stereocenters. The largest absolute Gasteiger partial charge is 0.396 e. The number of hydrogen-bond donors (Lipinski definition) is 1. The number of nitrogens with zero attached hydrogens (tertiary/aromatic N) is 2. The van der Waals surface area contributed by atoms with E-state index >= 15 is 0 Å². The van der Waals surface area contributed by atoms with Crippen LogP contribution in [0.15, 0.2) is 42.6 Å². The Kier molecular flexibility index (Phi) is 3.77. The molecule has 0 fully saturated rings. The molecule has 4 heteroatoms. The third-order valence-electron chi connectivity index (χ3n) is 2.85. The maximum absolute atomic E-state index is 13.3. The van der Waals surface area contributed by atoms with Crippen molar-refractivity contribution in [2.45, 2.75) is 6.42 Å². The van der Waals surface area contributed by atoms with E-state index in [1.54, 1.807) is 12.3 Å². The van der Waals surface area contributed by atoms with Crippen molar-refractivity contribution in [3.63, 3.8) is 0 Å². The minimum Gasteiger partial charge on any atom is -0.396 e. The lowest BCUT2D eigenvalue weighted by atomic mass is 10.2. The number of benzene rings is 1. The maximum Gasteiger partial charge on any atom is 0.148 e. The molecule has 1 heterocycles. The number of pyridine rings is 1. The summed E-state index contributed by atoms with van der Waals surface area (Å²) in [6.07, 6.45) is 2.60. The van der Waals surface area contributed by atoms with Crippen LogP contribution in [0, 0.1) is 5.82 Å². The van der Waals surface area contributed by atoms with Crippen LogP contribution in [0.25, 0.3) is 0 Å².